The summed E-state index contributed by atoms with van der Waals surface area (Å²) in [5.74, 6) is 0. The Kier molecular flexibility index (Phi) is 1.54. The molecular formula is C14H16O. The maximum atomic E-state index is 10.8. The van der Waals surface area contributed by atoms with Crippen molar-refractivity contribution < 1.29 is 4.79 Å². The zero-order valence-corrected chi connectivity index (χ0v) is 9.34. The molecule has 15 heavy (non-hydrogen) atoms. The molecule has 2 atom stereocenters. The zero-order valence-electron chi connectivity index (χ0n) is 9.34. The van der Waals surface area contributed by atoms with Gasteiger partial charge in [-0.3, -0.25) is 4.79 Å². The van der Waals surface area contributed by atoms with Crippen LogP contribution in [-0.4, -0.2) is 6.29 Å². The Morgan fingerprint density at radius 2 is 1.80 bits per heavy atom. The van der Waals surface area contributed by atoms with Gasteiger partial charge in [-0.25, -0.2) is 0 Å². The number of fused-ring (bicyclic) bond motifs is 5. The second-order valence-electron chi connectivity index (χ2n) is 5.72. The van der Waals surface area contributed by atoms with Gasteiger partial charge < -0.3 is 0 Å². The molecule has 0 aliphatic heterocycles. The van der Waals surface area contributed by atoms with E-state index in [9.17, 15) is 4.79 Å². The van der Waals surface area contributed by atoms with Gasteiger partial charge in [0.1, 0.15) is 6.29 Å². The van der Waals surface area contributed by atoms with Crippen LogP contribution in [0.25, 0.3) is 0 Å². The first-order valence-corrected chi connectivity index (χ1v) is 5.68. The SMILES string of the molecule is C[C@]12CC[C@](C)(C1)c1ccc(C=O)cc12. The number of carbonyl (C=O) groups is 1. The van der Waals surface area contributed by atoms with Crippen LogP contribution in [0.2, 0.25) is 0 Å². The zero-order chi connectivity index (χ0) is 10.7. The van der Waals surface area contributed by atoms with E-state index in [1.54, 1.807) is 0 Å². The molecule has 2 bridgehead atoms. The number of aldehydes is 1. The number of rotatable bonds is 1. The molecule has 0 amide bonds. The Bertz CT molecular complexity index is 449. The standard InChI is InChI=1S/C14H16O/c1-13-5-6-14(2,9-13)12-7-10(8-15)3-4-11(12)13/h3-4,7-8H,5-6,9H2,1-2H3/t13-,14+/m1/s1. The fourth-order valence-corrected chi connectivity index (χ4v) is 3.71. The maximum Gasteiger partial charge on any atom is 0.150 e. The third kappa shape index (κ3) is 1.01. The van der Waals surface area contributed by atoms with Crippen LogP contribution in [-0.2, 0) is 10.8 Å². The van der Waals surface area contributed by atoms with Gasteiger partial charge in [0.25, 0.3) is 0 Å². The van der Waals surface area contributed by atoms with Gasteiger partial charge in [0.2, 0.25) is 0 Å². The van der Waals surface area contributed by atoms with E-state index in [-0.39, 0.29) is 0 Å². The molecular weight excluding hydrogens is 184 g/mol. The molecule has 1 nitrogen and oxygen atoms in total. The van der Waals surface area contributed by atoms with Gasteiger partial charge >= 0.3 is 0 Å². The van der Waals surface area contributed by atoms with Crippen molar-refractivity contribution in [3.05, 3.63) is 34.9 Å². The lowest BCUT2D eigenvalue weighted by Gasteiger charge is -2.27. The normalized spacial score (nSPS) is 36.7. The van der Waals surface area contributed by atoms with E-state index in [2.05, 4.69) is 26.0 Å². The Hall–Kier alpha value is -1.11. The topological polar surface area (TPSA) is 17.1 Å². The average Bonchev–Trinajstić information content (AvgIpc) is 2.66. The highest BCUT2D eigenvalue weighted by Crippen LogP contribution is 2.60. The van der Waals surface area contributed by atoms with Crippen LogP contribution in [0.4, 0.5) is 0 Å². The Balaban J connectivity index is 2.25. The van der Waals surface area contributed by atoms with Crippen LogP contribution in [0.5, 0.6) is 0 Å². The Labute approximate surface area is 90.5 Å². The van der Waals surface area contributed by atoms with Crippen LogP contribution in [0, 0.1) is 0 Å². The molecule has 2 aliphatic carbocycles. The molecule has 1 aromatic carbocycles. The second kappa shape index (κ2) is 2.52. The maximum absolute atomic E-state index is 10.8. The fraction of sp³-hybridized carbons (Fsp3) is 0.500. The summed E-state index contributed by atoms with van der Waals surface area (Å²) in [5.41, 5.74) is 4.46. The van der Waals surface area contributed by atoms with E-state index >= 15 is 0 Å². The summed E-state index contributed by atoms with van der Waals surface area (Å²) in [6, 6.07) is 6.23. The van der Waals surface area contributed by atoms with E-state index in [0.29, 0.717) is 10.8 Å². The van der Waals surface area contributed by atoms with Gasteiger partial charge in [-0.05, 0) is 47.3 Å². The monoisotopic (exact) mass is 200 g/mol. The third-order valence-electron chi connectivity index (χ3n) is 4.49. The number of benzene rings is 1. The lowest BCUT2D eigenvalue weighted by Crippen LogP contribution is -2.18. The molecule has 0 unspecified atom stereocenters. The highest BCUT2D eigenvalue weighted by Gasteiger charge is 2.52. The molecule has 1 aromatic rings. The smallest absolute Gasteiger partial charge is 0.150 e. The molecule has 2 aliphatic rings. The largest absolute Gasteiger partial charge is 0.298 e. The first-order valence-electron chi connectivity index (χ1n) is 5.68. The molecule has 0 saturated heterocycles. The van der Waals surface area contributed by atoms with Crippen LogP contribution in [0.15, 0.2) is 18.2 Å². The Morgan fingerprint density at radius 3 is 2.47 bits per heavy atom. The van der Waals surface area contributed by atoms with E-state index in [0.717, 1.165) is 11.8 Å². The molecule has 0 heterocycles. The fourth-order valence-electron chi connectivity index (χ4n) is 3.71. The summed E-state index contributed by atoms with van der Waals surface area (Å²) in [7, 11) is 0. The minimum Gasteiger partial charge on any atom is -0.298 e. The quantitative estimate of drug-likeness (QED) is 0.636. The van der Waals surface area contributed by atoms with E-state index < -0.39 is 0 Å². The van der Waals surface area contributed by atoms with Crippen molar-refractivity contribution in [2.75, 3.05) is 0 Å². The van der Waals surface area contributed by atoms with Crippen LogP contribution in [0.3, 0.4) is 0 Å². The number of hydrogen-bond donors (Lipinski definition) is 0. The van der Waals surface area contributed by atoms with E-state index in [1.165, 1.54) is 30.4 Å². The molecule has 0 aromatic heterocycles. The molecule has 0 spiro atoms. The molecule has 1 fully saturated rings. The molecule has 1 saturated carbocycles. The summed E-state index contributed by atoms with van der Waals surface area (Å²) < 4.78 is 0. The van der Waals surface area contributed by atoms with Crippen molar-refractivity contribution in [2.24, 2.45) is 0 Å². The molecule has 3 rings (SSSR count). The highest BCUT2D eigenvalue weighted by atomic mass is 16.1. The second-order valence-corrected chi connectivity index (χ2v) is 5.72. The minimum atomic E-state index is 0.336. The van der Waals surface area contributed by atoms with Gasteiger partial charge in [-0.1, -0.05) is 26.0 Å². The first-order chi connectivity index (χ1) is 7.07. The minimum absolute atomic E-state index is 0.336. The van der Waals surface area contributed by atoms with E-state index in [1.807, 2.05) is 6.07 Å². The van der Waals surface area contributed by atoms with Crippen LogP contribution in [0.1, 0.15) is 54.6 Å². The Morgan fingerprint density at radius 1 is 1.13 bits per heavy atom. The summed E-state index contributed by atoms with van der Waals surface area (Å²) >= 11 is 0. The van der Waals surface area contributed by atoms with Crippen LogP contribution >= 0.6 is 0 Å². The lowest BCUT2D eigenvalue weighted by atomic mass is 9.78. The van der Waals surface area contributed by atoms with Gasteiger partial charge in [-0.2, -0.15) is 0 Å². The molecule has 0 N–H and O–H groups in total. The summed E-state index contributed by atoms with van der Waals surface area (Å²) in [6.45, 7) is 4.71. The van der Waals surface area contributed by atoms with Crippen molar-refractivity contribution in [1.82, 2.24) is 0 Å². The third-order valence-corrected chi connectivity index (χ3v) is 4.49. The van der Waals surface area contributed by atoms with Gasteiger partial charge in [0.15, 0.2) is 0 Å². The van der Waals surface area contributed by atoms with Crippen LogP contribution < -0.4 is 0 Å². The lowest BCUT2D eigenvalue weighted by molar-refractivity contribution is 0.112. The van der Waals surface area contributed by atoms with Crippen molar-refractivity contribution in [1.29, 1.82) is 0 Å². The number of carbonyl (C=O) groups excluding carboxylic acids is 1. The molecule has 78 valence electrons. The highest BCUT2D eigenvalue weighted by molar-refractivity contribution is 5.76. The number of hydrogen-bond acceptors (Lipinski definition) is 1. The molecule has 1 heteroatoms. The van der Waals surface area contributed by atoms with Crippen molar-refractivity contribution in [2.45, 2.75) is 43.9 Å². The predicted octanol–water partition coefficient (Wildman–Crippen LogP) is 3.21. The first kappa shape index (κ1) is 9.14. The van der Waals surface area contributed by atoms with Crippen molar-refractivity contribution in [3.63, 3.8) is 0 Å². The van der Waals surface area contributed by atoms with Gasteiger partial charge in [-0.15, -0.1) is 0 Å². The average molecular weight is 200 g/mol. The van der Waals surface area contributed by atoms with Gasteiger partial charge in [0.05, 0.1) is 0 Å². The van der Waals surface area contributed by atoms with E-state index in [4.69, 9.17) is 0 Å². The summed E-state index contributed by atoms with van der Waals surface area (Å²) in [4.78, 5) is 10.8. The molecule has 0 radical (unpaired) electrons. The summed E-state index contributed by atoms with van der Waals surface area (Å²) in [5, 5.41) is 0. The van der Waals surface area contributed by atoms with Crippen molar-refractivity contribution >= 4 is 6.29 Å². The van der Waals surface area contributed by atoms with Gasteiger partial charge in [0, 0.05) is 5.56 Å². The predicted molar refractivity (Wildman–Crippen MR) is 60.4 cm³/mol. The summed E-state index contributed by atoms with van der Waals surface area (Å²) in [6.07, 6.45) is 4.80. The van der Waals surface area contributed by atoms with Crippen molar-refractivity contribution in [3.8, 4) is 0 Å².